The molecule has 1 fully saturated rings. The lowest BCUT2D eigenvalue weighted by Gasteiger charge is -2.32. The van der Waals surface area contributed by atoms with Crippen LogP contribution in [0.5, 0.6) is 5.75 Å². The van der Waals surface area contributed by atoms with Gasteiger partial charge >= 0.3 is 12.0 Å². The van der Waals surface area contributed by atoms with Crippen molar-refractivity contribution in [1.82, 2.24) is 24.6 Å². The van der Waals surface area contributed by atoms with Crippen LogP contribution in [0.1, 0.15) is 105 Å². The van der Waals surface area contributed by atoms with Gasteiger partial charge in [0.2, 0.25) is 0 Å². The summed E-state index contributed by atoms with van der Waals surface area (Å²) in [4.78, 5) is 24.4. The first-order valence-corrected chi connectivity index (χ1v) is 18.5. The molecule has 0 radical (unpaired) electrons. The van der Waals surface area contributed by atoms with E-state index in [-0.39, 0.29) is 36.0 Å². The summed E-state index contributed by atoms with van der Waals surface area (Å²) < 4.78 is 39.8. The van der Waals surface area contributed by atoms with E-state index in [1.807, 2.05) is 37.3 Å². The van der Waals surface area contributed by atoms with E-state index >= 15 is 0 Å². The predicted molar refractivity (Wildman–Crippen MR) is 184 cm³/mol. The van der Waals surface area contributed by atoms with Crippen molar-refractivity contribution in [3.63, 3.8) is 0 Å². The Bertz CT molecular complexity index is 1420. The highest BCUT2D eigenvalue weighted by atomic mass is 31.2. The molecule has 0 amide bonds. The lowest BCUT2D eigenvalue weighted by Crippen LogP contribution is -2.42. The Morgan fingerprint density at radius 3 is 2.48 bits per heavy atom. The molecule has 3 heterocycles. The van der Waals surface area contributed by atoms with E-state index in [9.17, 15) is 14.3 Å². The monoisotopic (exact) mass is 690 g/mol. The number of unbranched alkanes of at least 4 members (excludes halogenated alkanes) is 9. The van der Waals surface area contributed by atoms with Crippen LogP contribution in [0.4, 0.5) is 10.2 Å². The molecule has 0 aliphatic carbocycles. The van der Waals surface area contributed by atoms with Gasteiger partial charge < -0.3 is 29.6 Å². The quantitative estimate of drug-likeness (QED) is 0.0469. The van der Waals surface area contributed by atoms with E-state index in [0.29, 0.717) is 12.4 Å². The van der Waals surface area contributed by atoms with Crippen molar-refractivity contribution in [3.8, 4) is 5.75 Å². The first kappa shape index (κ1) is 37.9. The molecular weight excluding hydrogens is 638 g/mol. The van der Waals surface area contributed by atoms with Crippen LogP contribution in [-0.2, 0) is 19.0 Å². The normalized spacial score (nSPS) is 21.3. The van der Waals surface area contributed by atoms with Crippen molar-refractivity contribution in [2.24, 2.45) is 0 Å². The number of para-hydroxylation sites is 1. The minimum atomic E-state index is -1.54. The third-order valence-electron chi connectivity index (χ3n) is 8.57. The number of nitrogen functional groups attached to an aromatic ring is 1. The molecule has 2 aromatic heterocycles. The average molecular weight is 691 g/mol. The van der Waals surface area contributed by atoms with Crippen LogP contribution in [0.15, 0.2) is 36.7 Å². The zero-order valence-corrected chi connectivity index (χ0v) is 29.5. The Morgan fingerprint density at radius 1 is 1.12 bits per heavy atom. The summed E-state index contributed by atoms with van der Waals surface area (Å²) in [7, 11) is -1.54. The number of aliphatic hydroxyl groups excluding tert-OH is 1. The van der Waals surface area contributed by atoms with Gasteiger partial charge in [-0.25, -0.2) is 10.1 Å². The number of ether oxygens (including phenoxy) is 3. The van der Waals surface area contributed by atoms with E-state index in [0.717, 1.165) is 19.3 Å². The number of aliphatic hydroxyl groups is 1. The highest BCUT2D eigenvalue weighted by molar-refractivity contribution is 7.51. The van der Waals surface area contributed by atoms with Gasteiger partial charge in [0.15, 0.2) is 25.3 Å². The number of rotatable bonds is 21. The van der Waals surface area contributed by atoms with Gasteiger partial charge in [0.1, 0.15) is 29.5 Å². The number of benzene rings is 1. The van der Waals surface area contributed by atoms with Crippen molar-refractivity contribution < 1.29 is 33.0 Å². The van der Waals surface area contributed by atoms with Crippen LogP contribution >= 0.6 is 8.30 Å². The predicted octanol–water partition coefficient (Wildman–Crippen LogP) is 6.78. The molecule has 14 heteroatoms. The Morgan fingerprint density at radius 2 is 1.79 bits per heavy atom. The molecule has 1 unspecified atom stereocenters. The maximum absolute atomic E-state index is 13.9. The van der Waals surface area contributed by atoms with Gasteiger partial charge in [-0.2, -0.15) is 14.4 Å². The fraction of sp³-hybridized carbons (Fsp3) is 0.647. The van der Waals surface area contributed by atoms with Crippen molar-refractivity contribution in [2.75, 3.05) is 18.9 Å². The molecule has 1 aromatic carbocycles. The summed E-state index contributed by atoms with van der Waals surface area (Å²) in [6.45, 7) is 7.98. The number of imidazole rings is 1. The van der Waals surface area contributed by atoms with Crippen LogP contribution in [0, 0.1) is 6.08 Å². The molecule has 266 valence electrons. The summed E-state index contributed by atoms with van der Waals surface area (Å²) in [5.74, 6) is -0.313. The first-order chi connectivity index (χ1) is 23.1. The molecular formula is C34H52FN6O6P. The largest absolute Gasteiger partial charge is 0.465 e. The van der Waals surface area contributed by atoms with Gasteiger partial charge in [-0.3, -0.25) is 9.36 Å². The zero-order chi connectivity index (χ0) is 34.5. The Hall–Kier alpha value is -2.96. The molecule has 1 aliphatic heterocycles. The van der Waals surface area contributed by atoms with Gasteiger partial charge in [-0.15, -0.1) is 0 Å². The molecule has 0 saturated carbocycles. The summed E-state index contributed by atoms with van der Waals surface area (Å²) >= 11 is 0. The highest BCUT2D eigenvalue weighted by Gasteiger charge is 2.46. The van der Waals surface area contributed by atoms with Crippen molar-refractivity contribution >= 4 is 31.3 Å². The van der Waals surface area contributed by atoms with Gasteiger partial charge in [0.05, 0.1) is 25.6 Å². The number of carbonyl (C=O) groups is 1. The summed E-state index contributed by atoms with van der Waals surface area (Å²) in [6.07, 6.45) is 11.2. The lowest BCUT2D eigenvalue weighted by atomic mass is 10.0. The van der Waals surface area contributed by atoms with E-state index in [2.05, 4.69) is 27.0 Å². The van der Waals surface area contributed by atoms with Crippen molar-refractivity contribution in [3.05, 3.63) is 42.7 Å². The number of hydrogen-bond acceptors (Lipinski definition) is 11. The van der Waals surface area contributed by atoms with E-state index in [1.54, 1.807) is 13.8 Å². The number of halogens is 1. The van der Waals surface area contributed by atoms with E-state index in [1.165, 1.54) is 55.8 Å². The fourth-order valence-electron chi connectivity index (χ4n) is 5.58. The third-order valence-corrected chi connectivity index (χ3v) is 10.4. The number of fused-ring (bicyclic) bond motifs is 1. The van der Waals surface area contributed by atoms with E-state index < -0.39 is 44.2 Å². The molecule has 0 bridgehead atoms. The summed E-state index contributed by atoms with van der Waals surface area (Å²) in [5.41, 5.74) is 5.12. The van der Waals surface area contributed by atoms with Crippen LogP contribution < -0.4 is 15.3 Å². The maximum atomic E-state index is 13.9. The van der Waals surface area contributed by atoms with Crippen molar-refractivity contribution in [2.45, 2.75) is 128 Å². The summed E-state index contributed by atoms with van der Waals surface area (Å²) in [6, 6.07) is 8.67. The fourth-order valence-corrected chi connectivity index (χ4v) is 7.04. The number of hydrogen-bond donors (Lipinski definition) is 3. The molecule has 12 nitrogen and oxygen atoms in total. The van der Waals surface area contributed by atoms with Crippen LogP contribution in [-0.4, -0.2) is 67.4 Å². The van der Waals surface area contributed by atoms with Gasteiger partial charge in [0.25, 0.3) is 0 Å². The Kier molecular flexibility index (Phi) is 14.8. The molecule has 1 saturated heterocycles. The summed E-state index contributed by atoms with van der Waals surface area (Å²) in [5, 5.41) is 14.3. The number of carbonyl (C=O) groups excluding carboxylic acids is 1. The number of esters is 1. The highest BCUT2D eigenvalue weighted by Crippen LogP contribution is 2.43. The van der Waals surface area contributed by atoms with Crippen LogP contribution in [0.25, 0.3) is 11.2 Å². The number of nitrogens with one attached hydrogen (secondary N) is 1. The number of nitrogens with two attached hydrogens (primary N) is 1. The van der Waals surface area contributed by atoms with Crippen LogP contribution in [0.2, 0.25) is 0 Å². The van der Waals surface area contributed by atoms with Gasteiger partial charge in [-0.1, -0.05) is 82.9 Å². The average Bonchev–Trinajstić information content (AvgIpc) is 3.62. The molecule has 4 N–H and O–H groups in total. The Labute approximate surface area is 284 Å². The van der Waals surface area contributed by atoms with Gasteiger partial charge in [0, 0.05) is 6.42 Å². The topological polar surface area (TPSA) is 156 Å². The second kappa shape index (κ2) is 18.7. The van der Waals surface area contributed by atoms with E-state index in [4.69, 9.17) is 24.5 Å². The van der Waals surface area contributed by atoms with Crippen molar-refractivity contribution in [1.29, 1.82) is 0 Å². The Balaban J connectivity index is 1.27. The molecule has 6 atom stereocenters. The van der Waals surface area contributed by atoms with Gasteiger partial charge in [-0.05, 0) is 39.3 Å². The lowest BCUT2D eigenvalue weighted by molar-refractivity contribution is -0.145. The zero-order valence-electron chi connectivity index (χ0n) is 28.6. The number of aromatic nitrogens is 4. The standard InChI is InChI=1S/C34H52FN6O6P/c1-5-6-7-8-9-10-11-12-13-17-20-44-32(43)24(2)40-48(47-26-18-15-14-16-19-26)25(3)45-22-34(4)27(42)21-28(46-34)41-23-37-29-30(36)38-33(35)39-31(29)41/h14-16,18-19,23-25,27-28,40,42H,5-13,17,20-22H2,1-4H3,(H2,36,38,39)/t24-,25-,27-,28+,34+,48?/m0/s1. The third kappa shape index (κ3) is 10.8. The SMILES string of the molecule is CCCCCCCCCCCCOC(=O)[C@H](C)NP(Oc1ccccc1)[C@@H](C)OC[C@@]1(C)O[C@@H](n2cnc3c(N)nc(F)nc32)C[C@@H]1O. The molecule has 1 aliphatic rings. The number of nitrogens with zero attached hydrogens (tertiary/aromatic N) is 4. The first-order valence-electron chi connectivity index (χ1n) is 17.2. The molecule has 3 aromatic rings. The molecule has 48 heavy (non-hydrogen) atoms. The van der Waals surface area contributed by atoms with Crippen LogP contribution in [0.3, 0.4) is 0 Å². The number of anilines is 1. The molecule has 4 rings (SSSR count). The molecule has 0 spiro atoms. The maximum Gasteiger partial charge on any atom is 0.323 e. The second-order valence-corrected chi connectivity index (χ2v) is 14.5. The minimum absolute atomic E-state index is 0.0141. The smallest absolute Gasteiger partial charge is 0.323 e. The second-order valence-electron chi connectivity index (χ2n) is 12.7. The minimum Gasteiger partial charge on any atom is -0.465 e.